The molecule has 0 radical (unpaired) electrons. The average molecular weight is 263 g/mol. The van der Waals surface area contributed by atoms with E-state index in [0.717, 1.165) is 23.7 Å². The van der Waals surface area contributed by atoms with Gasteiger partial charge >= 0.3 is 0 Å². The number of rotatable bonds is 7. The summed E-state index contributed by atoms with van der Waals surface area (Å²) in [7, 11) is 0. The minimum atomic E-state index is 0. The van der Waals surface area contributed by atoms with Gasteiger partial charge in [0.1, 0.15) is 0 Å². The van der Waals surface area contributed by atoms with Crippen molar-refractivity contribution in [1.82, 2.24) is 0 Å². The van der Waals surface area contributed by atoms with Crippen molar-refractivity contribution >= 4 is 0 Å². The molecule has 0 aliphatic carbocycles. The molecule has 0 amide bonds. The molecule has 2 unspecified atom stereocenters. The quantitative estimate of drug-likeness (QED) is 0.441. The Labute approximate surface area is 121 Å². The fourth-order valence-electron chi connectivity index (χ4n) is 1.76. The molecule has 0 bridgehead atoms. The maximum Gasteiger partial charge on any atom is -0.0417 e. The highest BCUT2D eigenvalue weighted by Crippen LogP contribution is 2.24. The smallest absolute Gasteiger partial charge is 0.0417 e. The van der Waals surface area contributed by atoms with Crippen LogP contribution in [0, 0.1) is 23.7 Å². The van der Waals surface area contributed by atoms with Gasteiger partial charge in [-0.3, -0.25) is 0 Å². The highest BCUT2D eigenvalue weighted by atomic mass is 14.2. The molecular formula is C18H46. The molecule has 0 heteroatoms. The average Bonchev–Trinajstić information content (AvgIpc) is 2.09. The van der Waals surface area contributed by atoms with Gasteiger partial charge in [-0.15, -0.1) is 0 Å². The van der Waals surface area contributed by atoms with E-state index in [1.807, 2.05) is 0 Å². The first-order chi connectivity index (χ1) is 6.43. The lowest BCUT2D eigenvalue weighted by atomic mass is 9.85. The first kappa shape index (κ1) is 30.8. The van der Waals surface area contributed by atoms with E-state index in [2.05, 4.69) is 41.5 Å². The van der Waals surface area contributed by atoms with Crippen molar-refractivity contribution in [3.63, 3.8) is 0 Å². The van der Waals surface area contributed by atoms with Crippen molar-refractivity contribution in [2.24, 2.45) is 23.7 Å². The molecule has 0 nitrogen and oxygen atoms in total. The summed E-state index contributed by atoms with van der Waals surface area (Å²) >= 11 is 0. The molecule has 118 valence electrons. The van der Waals surface area contributed by atoms with Gasteiger partial charge in [0.05, 0.1) is 0 Å². The van der Waals surface area contributed by atoms with Crippen LogP contribution in [0.5, 0.6) is 0 Å². The van der Waals surface area contributed by atoms with Gasteiger partial charge in [-0.25, -0.2) is 0 Å². The van der Waals surface area contributed by atoms with E-state index in [1.54, 1.807) is 0 Å². The molecule has 0 aliphatic heterocycles. The minimum Gasteiger partial charge on any atom is -0.0776 e. The lowest BCUT2D eigenvalue weighted by Crippen LogP contribution is -2.10. The van der Waals surface area contributed by atoms with Crippen LogP contribution in [-0.4, -0.2) is 0 Å². The van der Waals surface area contributed by atoms with E-state index in [0.29, 0.717) is 0 Å². The lowest BCUT2D eigenvalue weighted by Gasteiger charge is -2.21. The summed E-state index contributed by atoms with van der Waals surface area (Å²) in [6.07, 6.45) is 5.62. The second-order valence-corrected chi connectivity index (χ2v) is 5.90. The predicted molar refractivity (Wildman–Crippen MR) is 93.4 cm³/mol. The minimum absolute atomic E-state index is 0. The molecule has 0 heterocycles. The Balaban J connectivity index is -0.000000141. The van der Waals surface area contributed by atoms with Crippen molar-refractivity contribution in [3.05, 3.63) is 0 Å². The molecule has 0 aromatic carbocycles. The van der Waals surface area contributed by atoms with Gasteiger partial charge in [0, 0.05) is 0 Å². The summed E-state index contributed by atoms with van der Waals surface area (Å²) in [5.41, 5.74) is 0. The number of hydrogen-bond acceptors (Lipinski definition) is 0. The molecule has 0 aromatic heterocycles. The summed E-state index contributed by atoms with van der Waals surface area (Å²) in [4.78, 5) is 0. The zero-order valence-electron chi connectivity index (χ0n) is 11.1. The van der Waals surface area contributed by atoms with Crippen LogP contribution >= 0.6 is 0 Å². The van der Waals surface area contributed by atoms with Crippen LogP contribution in [0.2, 0.25) is 0 Å². The first-order valence-electron chi connectivity index (χ1n) is 6.43. The molecule has 0 aromatic rings. The summed E-state index contributed by atoms with van der Waals surface area (Å²) in [6.45, 7) is 14.1. The Morgan fingerprint density at radius 3 is 0.833 bits per heavy atom. The Hall–Kier alpha value is 0. The van der Waals surface area contributed by atoms with Gasteiger partial charge in [0.15, 0.2) is 0 Å². The van der Waals surface area contributed by atoms with Crippen LogP contribution in [0.15, 0.2) is 0 Å². The Morgan fingerprint density at radius 2 is 0.667 bits per heavy atom. The molecule has 0 saturated heterocycles. The molecule has 0 fully saturated rings. The highest BCUT2D eigenvalue weighted by molar-refractivity contribution is 4.64. The lowest BCUT2D eigenvalue weighted by molar-refractivity contribution is 0.303. The van der Waals surface area contributed by atoms with E-state index in [1.165, 1.54) is 25.7 Å². The molecular weight excluding hydrogens is 216 g/mol. The van der Waals surface area contributed by atoms with Crippen molar-refractivity contribution < 1.29 is 0 Å². The van der Waals surface area contributed by atoms with Gasteiger partial charge in [-0.2, -0.15) is 0 Å². The first-order valence-corrected chi connectivity index (χ1v) is 6.43. The largest absolute Gasteiger partial charge is 0.0776 e. The topological polar surface area (TPSA) is 0 Å². The third-order valence-electron chi connectivity index (χ3n) is 3.37. The van der Waals surface area contributed by atoms with E-state index >= 15 is 0 Å². The van der Waals surface area contributed by atoms with Crippen molar-refractivity contribution in [3.8, 4) is 0 Å². The van der Waals surface area contributed by atoms with Gasteiger partial charge in [-0.05, 0) is 23.7 Å². The third kappa shape index (κ3) is 18.4. The molecule has 0 aliphatic rings. The maximum atomic E-state index is 2.42. The fraction of sp³-hybridized carbons (Fsp3) is 1.00. The normalized spacial score (nSPS) is 12.7. The number of hydrogen-bond donors (Lipinski definition) is 0. The Kier molecular flexibility index (Phi) is 29.1. The molecule has 0 N–H and O–H groups in total. The summed E-state index contributed by atoms with van der Waals surface area (Å²) in [6, 6.07) is 0. The zero-order valence-corrected chi connectivity index (χ0v) is 11.1. The monoisotopic (exact) mass is 262 g/mol. The SMILES string of the molecule is C.C.C.C.CC(C)CCC(C)C(C)CCC(C)C. The van der Waals surface area contributed by atoms with E-state index in [-0.39, 0.29) is 29.7 Å². The van der Waals surface area contributed by atoms with E-state index in [9.17, 15) is 0 Å². The van der Waals surface area contributed by atoms with Gasteiger partial charge in [0.2, 0.25) is 0 Å². The van der Waals surface area contributed by atoms with Gasteiger partial charge < -0.3 is 0 Å². The Bertz CT molecular complexity index is 108. The summed E-state index contributed by atoms with van der Waals surface area (Å²) in [5.74, 6) is 3.57. The fourth-order valence-corrected chi connectivity index (χ4v) is 1.76. The molecule has 0 saturated carbocycles. The molecule has 0 rings (SSSR count). The van der Waals surface area contributed by atoms with Crippen LogP contribution in [0.4, 0.5) is 0 Å². The van der Waals surface area contributed by atoms with Crippen LogP contribution in [0.3, 0.4) is 0 Å². The van der Waals surface area contributed by atoms with Crippen LogP contribution < -0.4 is 0 Å². The van der Waals surface area contributed by atoms with Gasteiger partial charge in [-0.1, -0.05) is 96.9 Å². The Morgan fingerprint density at radius 1 is 0.444 bits per heavy atom. The van der Waals surface area contributed by atoms with Crippen LogP contribution in [0.1, 0.15) is 96.9 Å². The van der Waals surface area contributed by atoms with Crippen molar-refractivity contribution in [2.75, 3.05) is 0 Å². The van der Waals surface area contributed by atoms with Crippen LogP contribution in [0.25, 0.3) is 0 Å². The van der Waals surface area contributed by atoms with E-state index < -0.39 is 0 Å². The second kappa shape index (κ2) is 17.0. The molecule has 2 atom stereocenters. The van der Waals surface area contributed by atoms with Crippen LogP contribution in [-0.2, 0) is 0 Å². The maximum absolute atomic E-state index is 2.42. The zero-order chi connectivity index (χ0) is 11.1. The highest BCUT2D eigenvalue weighted by Gasteiger charge is 2.12. The molecule has 0 spiro atoms. The summed E-state index contributed by atoms with van der Waals surface area (Å²) < 4.78 is 0. The third-order valence-corrected chi connectivity index (χ3v) is 3.37. The van der Waals surface area contributed by atoms with E-state index in [4.69, 9.17) is 0 Å². The second-order valence-electron chi connectivity index (χ2n) is 5.90. The predicted octanol–water partition coefficient (Wildman–Crippen LogP) is 7.68. The van der Waals surface area contributed by atoms with Gasteiger partial charge in [0.25, 0.3) is 0 Å². The standard InChI is InChI=1S/C14H30.4CH4/c1-11(2)7-9-13(5)14(6)10-8-12(3)4;;;;/h11-14H,7-10H2,1-6H3;4*1H4. The van der Waals surface area contributed by atoms with Crippen molar-refractivity contribution in [2.45, 2.75) is 96.9 Å². The van der Waals surface area contributed by atoms with Crippen molar-refractivity contribution in [1.29, 1.82) is 0 Å². The molecule has 18 heavy (non-hydrogen) atoms. The summed E-state index contributed by atoms with van der Waals surface area (Å²) in [5, 5.41) is 0.